The number of nitrogens with zero attached hydrogens (tertiary/aromatic N) is 1. The summed E-state index contributed by atoms with van der Waals surface area (Å²) in [5.74, 6) is -0.182. The summed E-state index contributed by atoms with van der Waals surface area (Å²) in [4.78, 5) is 38.8. The Morgan fingerprint density at radius 1 is 1.19 bits per heavy atom. The maximum atomic E-state index is 13.2. The van der Waals surface area contributed by atoms with Gasteiger partial charge in [-0.15, -0.1) is 0 Å². The van der Waals surface area contributed by atoms with E-state index in [0.29, 0.717) is 43.0 Å². The minimum Gasteiger partial charge on any atom is -0.490 e. The van der Waals surface area contributed by atoms with Crippen LogP contribution < -0.4 is 15.4 Å². The van der Waals surface area contributed by atoms with Crippen molar-refractivity contribution in [1.29, 1.82) is 0 Å². The fourth-order valence-corrected chi connectivity index (χ4v) is 4.00. The number of carbonyl (C=O) groups excluding carboxylic acids is 3. The number of amides is 3. The van der Waals surface area contributed by atoms with E-state index < -0.39 is 0 Å². The molecule has 176 valence electrons. The molecule has 10 nitrogen and oxygen atoms in total. The van der Waals surface area contributed by atoms with Crippen LogP contribution in [0.4, 0.5) is 5.69 Å². The van der Waals surface area contributed by atoms with Gasteiger partial charge in [-0.2, -0.15) is 0 Å². The number of likely N-dealkylation sites (N-methyl/N-ethyl adjacent to an activating group) is 1. The summed E-state index contributed by atoms with van der Waals surface area (Å²) in [6.45, 7) is 1.10. The van der Waals surface area contributed by atoms with E-state index in [1.54, 1.807) is 37.3 Å². The van der Waals surface area contributed by atoms with Crippen LogP contribution >= 0.6 is 0 Å². The number of hydrogen-bond acceptors (Lipinski definition) is 7. The summed E-state index contributed by atoms with van der Waals surface area (Å²) in [5.41, 5.74) is 0.869. The summed E-state index contributed by atoms with van der Waals surface area (Å²) < 4.78 is 21.9. The van der Waals surface area contributed by atoms with Gasteiger partial charge in [-0.25, -0.2) is 0 Å². The minimum atomic E-state index is -0.344. The Labute approximate surface area is 187 Å². The summed E-state index contributed by atoms with van der Waals surface area (Å²) in [5, 5.41) is 5.51. The van der Waals surface area contributed by atoms with Crippen molar-refractivity contribution in [2.75, 3.05) is 52.9 Å². The Kier molecular flexibility index (Phi) is 8.43. The van der Waals surface area contributed by atoms with E-state index >= 15 is 0 Å². The summed E-state index contributed by atoms with van der Waals surface area (Å²) >= 11 is 0. The highest BCUT2D eigenvalue weighted by atomic mass is 16.5. The first-order valence-corrected chi connectivity index (χ1v) is 10.7. The van der Waals surface area contributed by atoms with Crippen molar-refractivity contribution in [1.82, 2.24) is 10.2 Å². The molecule has 3 atom stereocenters. The lowest BCUT2D eigenvalue weighted by Gasteiger charge is -2.42. The molecule has 0 radical (unpaired) electrons. The van der Waals surface area contributed by atoms with Gasteiger partial charge in [0.2, 0.25) is 11.8 Å². The lowest BCUT2D eigenvalue weighted by molar-refractivity contribution is -0.134. The van der Waals surface area contributed by atoms with Crippen molar-refractivity contribution in [2.24, 2.45) is 0 Å². The van der Waals surface area contributed by atoms with Crippen LogP contribution in [0.5, 0.6) is 5.75 Å². The van der Waals surface area contributed by atoms with Crippen molar-refractivity contribution >= 4 is 23.4 Å². The van der Waals surface area contributed by atoms with Crippen molar-refractivity contribution in [2.45, 2.75) is 37.5 Å². The van der Waals surface area contributed by atoms with E-state index in [9.17, 15) is 14.4 Å². The molecule has 0 unspecified atom stereocenters. The SMILES string of the molecule is COCCNC(=O)C[C@H]1CC[C@@H]2[C@H](COc3ccc(NC(=O)COC)cc3C(=O)N2C)O1. The van der Waals surface area contributed by atoms with Crippen LogP contribution in [0, 0.1) is 0 Å². The van der Waals surface area contributed by atoms with E-state index in [2.05, 4.69) is 10.6 Å². The normalized spacial score (nSPS) is 22.7. The first-order chi connectivity index (χ1) is 15.4. The molecule has 0 spiro atoms. The van der Waals surface area contributed by atoms with Crippen LogP contribution in [0.25, 0.3) is 0 Å². The minimum absolute atomic E-state index is 0.0753. The molecule has 1 saturated heterocycles. The van der Waals surface area contributed by atoms with Crippen LogP contribution in [0.2, 0.25) is 0 Å². The molecular formula is C22H31N3O7. The average Bonchev–Trinajstić information content (AvgIpc) is 2.77. The first kappa shape index (κ1) is 24.0. The fraction of sp³-hybridized carbons (Fsp3) is 0.591. The van der Waals surface area contributed by atoms with Gasteiger partial charge in [0, 0.05) is 33.5 Å². The molecule has 0 aromatic heterocycles. The number of benzene rings is 1. The molecule has 3 amide bonds. The van der Waals surface area contributed by atoms with E-state index in [1.165, 1.54) is 7.11 Å². The average molecular weight is 450 g/mol. The quantitative estimate of drug-likeness (QED) is 0.564. The van der Waals surface area contributed by atoms with Gasteiger partial charge < -0.3 is 34.5 Å². The third-order valence-electron chi connectivity index (χ3n) is 5.61. The largest absolute Gasteiger partial charge is 0.490 e. The molecule has 2 aliphatic rings. The first-order valence-electron chi connectivity index (χ1n) is 10.7. The van der Waals surface area contributed by atoms with Gasteiger partial charge in [-0.3, -0.25) is 14.4 Å². The monoisotopic (exact) mass is 449 g/mol. The molecule has 2 heterocycles. The van der Waals surface area contributed by atoms with Crippen LogP contribution in [-0.4, -0.2) is 88.5 Å². The third kappa shape index (κ3) is 5.96. The number of hydrogen-bond donors (Lipinski definition) is 2. The predicted octanol–water partition coefficient (Wildman–Crippen LogP) is 0.805. The van der Waals surface area contributed by atoms with E-state index in [-0.39, 0.29) is 55.6 Å². The number of anilines is 1. The van der Waals surface area contributed by atoms with Crippen LogP contribution in [0.1, 0.15) is 29.6 Å². The lowest BCUT2D eigenvalue weighted by Crippen LogP contribution is -2.54. The van der Waals surface area contributed by atoms with E-state index in [4.69, 9.17) is 18.9 Å². The number of rotatable bonds is 8. The summed E-state index contributed by atoms with van der Waals surface area (Å²) in [6, 6.07) is 4.77. The fourth-order valence-electron chi connectivity index (χ4n) is 4.00. The molecule has 0 bridgehead atoms. The zero-order valence-electron chi connectivity index (χ0n) is 18.7. The van der Waals surface area contributed by atoms with Crippen molar-refractivity contribution in [3.8, 4) is 5.75 Å². The van der Waals surface area contributed by atoms with Gasteiger partial charge in [0.05, 0.1) is 30.7 Å². The molecule has 0 aliphatic carbocycles. The molecule has 0 saturated carbocycles. The molecule has 3 rings (SSSR count). The Morgan fingerprint density at radius 2 is 2.00 bits per heavy atom. The maximum absolute atomic E-state index is 13.2. The maximum Gasteiger partial charge on any atom is 0.257 e. The topological polar surface area (TPSA) is 115 Å². The molecule has 1 fully saturated rings. The van der Waals surface area contributed by atoms with Gasteiger partial charge in [-0.05, 0) is 31.0 Å². The number of carbonyl (C=O) groups is 3. The predicted molar refractivity (Wildman–Crippen MR) is 116 cm³/mol. The van der Waals surface area contributed by atoms with Crippen LogP contribution in [0.15, 0.2) is 18.2 Å². The van der Waals surface area contributed by atoms with Crippen molar-refractivity contribution in [3.05, 3.63) is 23.8 Å². The van der Waals surface area contributed by atoms with E-state index in [0.717, 1.165) is 0 Å². The van der Waals surface area contributed by atoms with Crippen LogP contribution in [0.3, 0.4) is 0 Å². The highest BCUT2D eigenvalue weighted by Gasteiger charge is 2.39. The standard InChI is InChI=1S/C22H31N3O7/c1-25-17-6-5-15(11-20(26)23-8-9-29-2)32-19(17)12-31-18-7-4-14(10-16(18)22(25)28)24-21(27)13-30-3/h4,7,10,15,17,19H,5-6,8-9,11-13H2,1-3H3,(H,23,26)(H,24,27)/t15-,17-,19+/m1/s1. The second-order valence-corrected chi connectivity index (χ2v) is 7.91. The molecule has 1 aromatic carbocycles. The second kappa shape index (κ2) is 11.3. The van der Waals surface area contributed by atoms with Gasteiger partial charge in [-0.1, -0.05) is 0 Å². The zero-order chi connectivity index (χ0) is 23.1. The summed E-state index contributed by atoms with van der Waals surface area (Å²) in [7, 11) is 4.76. The number of nitrogens with one attached hydrogen (secondary N) is 2. The summed E-state index contributed by atoms with van der Waals surface area (Å²) in [6.07, 6.45) is 1.04. The van der Waals surface area contributed by atoms with Gasteiger partial charge >= 0.3 is 0 Å². The van der Waals surface area contributed by atoms with Gasteiger partial charge in [0.15, 0.2) is 0 Å². The molecule has 2 aliphatic heterocycles. The van der Waals surface area contributed by atoms with Crippen molar-refractivity contribution in [3.63, 3.8) is 0 Å². The van der Waals surface area contributed by atoms with Gasteiger partial charge in [0.25, 0.3) is 5.91 Å². The van der Waals surface area contributed by atoms with E-state index in [1.807, 2.05) is 0 Å². The Morgan fingerprint density at radius 3 is 2.75 bits per heavy atom. The highest BCUT2D eigenvalue weighted by molar-refractivity contribution is 6.00. The zero-order valence-corrected chi connectivity index (χ0v) is 18.7. The highest BCUT2D eigenvalue weighted by Crippen LogP contribution is 2.32. The number of ether oxygens (including phenoxy) is 4. The van der Waals surface area contributed by atoms with Crippen molar-refractivity contribution < 1.29 is 33.3 Å². The lowest BCUT2D eigenvalue weighted by atomic mass is 9.94. The Hall–Kier alpha value is -2.69. The van der Waals surface area contributed by atoms with Gasteiger partial charge in [0.1, 0.15) is 25.1 Å². The molecule has 2 N–H and O–H groups in total. The Bertz CT molecular complexity index is 832. The van der Waals surface area contributed by atoms with Crippen LogP contribution in [-0.2, 0) is 23.8 Å². The smallest absolute Gasteiger partial charge is 0.257 e. The molecule has 1 aromatic rings. The molecule has 32 heavy (non-hydrogen) atoms. The molecule has 10 heteroatoms. The molecular weight excluding hydrogens is 418 g/mol. The number of methoxy groups -OCH3 is 2. The second-order valence-electron chi connectivity index (χ2n) is 7.91. The third-order valence-corrected chi connectivity index (χ3v) is 5.61. The number of fused-ring (bicyclic) bond motifs is 2. The Balaban J connectivity index is 1.67.